The smallest absolute Gasteiger partial charge is 0.274 e. The van der Waals surface area contributed by atoms with Crippen LogP contribution in [0, 0.1) is 12.8 Å². The number of aromatic nitrogens is 1. The number of benzene rings is 2. The third-order valence-corrected chi connectivity index (χ3v) is 13.2. The molecule has 2 saturated heterocycles. The van der Waals surface area contributed by atoms with Crippen molar-refractivity contribution in [2.45, 2.75) is 107 Å². The van der Waals surface area contributed by atoms with Crippen LogP contribution in [0.5, 0.6) is 10.9 Å². The molecule has 1 aromatic heterocycles. The highest BCUT2D eigenvalue weighted by atomic mass is 32.2. The first-order valence-corrected chi connectivity index (χ1v) is 20.0. The average molecular weight is 724 g/mol. The molecule has 2 aromatic carbocycles. The summed E-state index contributed by atoms with van der Waals surface area (Å²) < 4.78 is 40.7. The molecule has 2 saturated carbocycles. The molecule has 7 rings (SSSR count). The second-order valence-corrected chi connectivity index (χ2v) is 17.2. The summed E-state index contributed by atoms with van der Waals surface area (Å²) in [5.41, 5.74) is 1.31. The molecule has 5 atom stereocenters. The number of rotatable bonds is 8. The topological polar surface area (TPSA) is 156 Å². The Labute approximate surface area is 296 Å². The SMILES string of the molecule is COc1cccc(N[C@H]2CCCCCCC[C@@H]3C[C@@]3(C(=O)NS(=O)(=O)C3CC3)NC(=O)[C@@H]3C[C@@H](Oc4nc5ccc(C)cc5s4)CN3C2=O)c1. The molecule has 0 bridgehead atoms. The van der Waals surface area contributed by atoms with E-state index in [1.54, 1.807) is 12.0 Å². The highest BCUT2D eigenvalue weighted by molar-refractivity contribution is 7.91. The van der Waals surface area contributed by atoms with Crippen LogP contribution in [0.2, 0.25) is 0 Å². The number of nitrogens with zero attached hydrogens (tertiary/aromatic N) is 2. The van der Waals surface area contributed by atoms with E-state index in [2.05, 4.69) is 20.3 Å². The highest BCUT2D eigenvalue weighted by Crippen LogP contribution is 2.48. The van der Waals surface area contributed by atoms with Crippen LogP contribution in [0.1, 0.15) is 76.2 Å². The van der Waals surface area contributed by atoms with Crippen molar-refractivity contribution in [1.29, 1.82) is 0 Å². The maximum atomic E-state index is 14.5. The number of nitrogens with one attached hydrogen (secondary N) is 3. The summed E-state index contributed by atoms with van der Waals surface area (Å²) in [6, 6.07) is 11.8. The van der Waals surface area contributed by atoms with Crippen LogP contribution >= 0.6 is 11.3 Å². The van der Waals surface area contributed by atoms with Gasteiger partial charge in [0.15, 0.2) is 0 Å². The summed E-state index contributed by atoms with van der Waals surface area (Å²) >= 11 is 1.42. The number of carbonyl (C=O) groups excluding carboxylic acids is 3. The summed E-state index contributed by atoms with van der Waals surface area (Å²) in [4.78, 5) is 48.8. The van der Waals surface area contributed by atoms with Gasteiger partial charge in [-0.2, -0.15) is 0 Å². The minimum Gasteiger partial charge on any atom is -0.497 e. The van der Waals surface area contributed by atoms with Gasteiger partial charge in [0.1, 0.15) is 29.5 Å². The number of ether oxygens (including phenoxy) is 2. The van der Waals surface area contributed by atoms with E-state index in [9.17, 15) is 22.8 Å². The van der Waals surface area contributed by atoms with Crippen molar-refractivity contribution >= 4 is 55.0 Å². The Morgan fingerprint density at radius 2 is 1.82 bits per heavy atom. The lowest BCUT2D eigenvalue weighted by Crippen LogP contribution is -2.57. The van der Waals surface area contributed by atoms with Gasteiger partial charge in [-0.3, -0.25) is 19.1 Å². The predicted octanol–water partition coefficient (Wildman–Crippen LogP) is 4.67. The van der Waals surface area contributed by atoms with Gasteiger partial charge in [-0.05, 0) is 74.8 Å². The first-order valence-electron chi connectivity index (χ1n) is 17.7. The molecular formula is C36H45N5O7S2. The number of hydrogen-bond acceptors (Lipinski definition) is 10. The van der Waals surface area contributed by atoms with Crippen LogP contribution in [0.25, 0.3) is 10.2 Å². The fourth-order valence-corrected chi connectivity index (χ4v) is 9.71. The molecule has 2 aliphatic heterocycles. The van der Waals surface area contributed by atoms with E-state index in [-0.39, 0.29) is 24.8 Å². The standard InChI is InChI=1S/C36H45N5O7S2/c1-22-13-16-28-31(17-22)49-35(38-28)48-26-19-30-32(42)39-36(34(44)40-50(45,46)27-14-15-27)20-23(36)9-6-4-3-5-7-12-29(33(43)41(30)21-26)37-24-10-8-11-25(18-24)47-2/h8,10-11,13,16-18,23,26-27,29-30,37H,3-7,9,12,14-15,19-21H2,1-2H3,(H,39,42)(H,40,44)/t23-,26-,29+,30+,36-/m1/s1. The van der Waals surface area contributed by atoms with E-state index in [1.807, 2.05) is 49.4 Å². The van der Waals surface area contributed by atoms with Gasteiger partial charge in [0, 0.05) is 18.2 Å². The van der Waals surface area contributed by atoms with Gasteiger partial charge in [0.25, 0.3) is 11.1 Å². The highest BCUT2D eigenvalue weighted by Gasteiger charge is 2.62. The zero-order chi connectivity index (χ0) is 35.0. The molecule has 3 amide bonds. The fourth-order valence-electron chi connectivity index (χ4n) is 7.37. The molecule has 14 heteroatoms. The number of sulfonamides is 1. The second-order valence-electron chi connectivity index (χ2n) is 14.2. The molecule has 0 spiro atoms. The van der Waals surface area contributed by atoms with Gasteiger partial charge in [0.05, 0.1) is 29.1 Å². The Bertz CT molecular complexity index is 1880. The van der Waals surface area contributed by atoms with Crippen molar-refractivity contribution < 1.29 is 32.3 Å². The predicted molar refractivity (Wildman–Crippen MR) is 191 cm³/mol. The van der Waals surface area contributed by atoms with Crippen molar-refractivity contribution in [3.05, 3.63) is 48.0 Å². The fraction of sp³-hybridized carbons (Fsp3) is 0.556. The Kier molecular flexibility index (Phi) is 9.68. The Morgan fingerprint density at radius 1 is 1.04 bits per heavy atom. The number of methoxy groups -OCH3 is 1. The van der Waals surface area contributed by atoms with E-state index < -0.39 is 50.8 Å². The number of fused-ring (bicyclic) bond motifs is 3. The molecule has 268 valence electrons. The lowest BCUT2D eigenvalue weighted by molar-refractivity contribution is -0.140. The Morgan fingerprint density at radius 3 is 2.60 bits per heavy atom. The molecule has 3 heterocycles. The zero-order valence-corrected chi connectivity index (χ0v) is 30.1. The number of hydrogen-bond donors (Lipinski definition) is 3. The largest absolute Gasteiger partial charge is 0.497 e. The van der Waals surface area contributed by atoms with Gasteiger partial charge in [0.2, 0.25) is 21.8 Å². The molecule has 4 aliphatic rings. The van der Waals surface area contributed by atoms with E-state index in [4.69, 9.17) is 9.47 Å². The second kappa shape index (κ2) is 14.0. The van der Waals surface area contributed by atoms with Gasteiger partial charge in [-0.25, -0.2) is 13.4 Å². The van der Waals surface area contributed by atoms with E-state index in [0.29, 0.717) is 43.0 Å². The van der Waals surface area contributed by atoms with Crippen LogP contribution in [0.15, 0.2) is 42.5 Å². The quantitative estimate of drug-likeness (QED) is 0.301. The van der Waals surface area contributed by atoms with Crippen LogP contribution in [-0.4, -0.2) is 78.7 Å². The molecule has 4 fully saturated rings. The first kappa shape index (κ1) is 34.5. The molecule has 2 aliphatic carbocycles. The number of anilines is 1. The number of amides is 3. The number of carbonyl (C=O) groups is 3. The van der Waals surface area contributed by atoms with E-state index >= 15 is 0 Å². The molecule has 12 nitrogen and oxygen atoms in total. The lowest BCUT2D eigenvalue weighted by Gasteiger charge is -2.30. The number of aryl methyl sites for hydroxylation is 1. The minimum atomic E-state index is -3.81. The molecule has 0 unspecified atom stereocenters. The summed E-state index contributed by atoms with van der Waals surface area (Å²) in [7, 11) is -2.22. The van der Waals surface area contributed by atoms with Crippen LogP contribution in [0.4, 0.5) is 5.69 Å². The summed E-state index contributed by atoms with van der Waals surface area (Å²) in [6.07, 6.45) is 6.87. The van der Waals surface area contributed by atoms with Crippen molar-refractivity contribution in [3.63, 3.8) is 0 Å². The third-order valence-electron chi connectivity index (χ3n) is 10.4. The van der Waals surface area contributed by atoms with Crippen LogP contribution < -0.4 is 24.8 Å². The maximum absolute atomic E-state index is 14.5. The van der Waals surface area contributed by atoms with Crippen molar-refractivity contribution in [2.24, 2.45) is 5.92 Å². The van der Waals surface area contributed by atoms with E-state index in [0.717, 1.165) is 53.6 Å². The van der Waals surface area contributed by atoms with Gasteiger partial charge in [-0.15, -0.1) is 0 Å². The van der Waals surface area contributed by atoms with Gasteiger partial charge in [-0.1, -0.05) is 55.6 Å². The maximum Gasteiger partial charge on any atom is 0.274 e. The normalized spacial score (nSPS) is 27.7. The van der Waals surface area contributed by atoms with Gasteiger partial charge >= 0.3 is 0 Å². The van der Waals surface area contributed by atoms with E-state index in [1.165, 1.54) is 11.3 Å². The monoisotopic (exact) mass is 723 g/mol. The Balaban J connectivity index is 1.18. The first-order chi connectivity index (χ1) is 24.0. The van der Waals surface area contributed by atoms with Crippen molar-refractivity contribution in [2.75, 3.05) is 19.0 Å². The minimum absolute atomic E-state index is 0.154. The third kappa shape index (κ3) is 7.41. The lowest BCUT2D eigenvalue weighted by atomic mass is 10.0. The summed E-state index contributed by atoms with van der Waals surface area (Å²) in [5.74, 6) is -0.934. The zero-order valence-electron chi connectivity index (χ0n) is 28.5. The molecular weight excluding hydrogens is 679 g/mol. The Hall–Kier alpha value is -3.91. The summed E-state index contributed by atoms with van der Waals surface area (Å²) in [6.45, 7) is 2.17. The van der Waals surface area contributed by atoms with Gasteiger partial charge < -0.3 is 25.0 Å². The molecule has 3 aromatic rings. The summed E-state index contributed by atoms with van der Waals surface area (Å²) in [5, 5.41) is 6.29. The number of thiazole rings is 1. The molecule has 50 heavy (non-hydrogen) atoms. The van der Waals surface area contributed by atoms with Crippen LogP contribution in [-0.2, 0) is 24.4 Å². The van der Waals surface area contributed by atoms with Crippen LogP contribution in [0.3, 0.4) is 0 Å². The van der Waals surface area contributed by atoms with Crippen molar-refractivity contribution in [3.8, 4) is 10.9 Å². The molecule has 0 radical (unpaired) electrons. The molecule has 3 N–H and O–H groups in total. The average Bonchev–Trinajstić information content (AvgIpc) is 3.98. The van der Waals surface area contributed by atoms with Crippen molar-refractivity contribution in [1.82, 2.24) is 19.9 Å².